The van der Waals surface area contributed by atoms with Crippen molar-refractivity contribution in [2.24, 2.45) is 7.05 Å². The van der Waals surface area contributed by atoms with Crippen LogP contribution < -0.4 is 15.6 Å². The second-order valence-corrected chi connectivity index (χ2v) is 10.0. The van der Waals surface area contributed by atoms with Crippen molar-refractivity contribution < 1.29 is 23.9 Å². The third-order valence-electron chi connectivity index (χ3n) is 6.21. The molecule has 0 aliphatic carbocycles. The lowest BCUT2D eigenvalue weighted by molar-refractivity contribution is -0.150. The zero-order valence-corrected chi connectivity index (χ0v) is 21.2. The molecular weight excluding hydrogens is 506 g/mol. The first kappa shape index (κ1) is 25.2. The van der Waals surface area contributed by atoms with Crippen LogP contribution in [0.25, 0.3) is 10.9 Å². The van der Waals surface area contributed by atoms with E-state index in [4.69, 9.17) is 9.47 Å². The number of nitrogens with zero attached hydrogens (tertiary/aromatic N) is 2. The molecule has 0 saturated carbocycles. The molecule has 38 heavy (non-hydrogen) atoms. The average molecular weight is 530 g/mol. The molecule has 3 aromatic carbocycles. The molecule has 4 aromatic rings. The molecule has 1 N–H and O–H groups in total. The lowest BCUT2D eigenvalue weighted by atomic mass is 9.97. The Hall–Kier alpha value is -4.44. The van der Waals surface area contributed by atoms with E-state index in [2.05, 4.69) is 10.3 Å². The molecule has 1 aromatic heterocycles. The SMILES string of the molecule is Cn1c(COc2ccc(CC3(C(=O)OCc4ccccc4)SC(=O)NC3=O)cc2)nc2ccccc2c1=O. The topological polar surface area (TPSA) is 117 Å². The second-order valence-electron chi connectivity index (χ2n) is 8.75. The molecule has 0 radical (unpaired) electrons. The number of hydrogen-bond donors (Lipinski definition) is 1. The fraction of sp³-hybridized carbons (Fsp3) is 0.179. The Morgan fingerprint density at radius 3 is 2.34 bits per heavy atom. The van der Waals surface area contributed by atoms with Gasteiger partial charge in [0, 0.05) is 13.5 Å². The summed E-state index contributed by atoms with van der Waals surface area (Å²) in [5.41, 5.74) is 1.85. The van der Waals surface area contributed by atoms with Crippen LogP contribution in [0.5, 0.6) is 5.75 Å². The molecule has 0 spiro atoms. The summed E-state index contributed by atoms with van der Waals surface area (Å²) in [5.74, 6) is -0.501. The van der Waals surface area contributed by atoms with Crippen LogP contribution in [0.3, 0.4) is 0 Å². The van der Waals surface area contributed by atoms with Gasteiger partial charge in [-0.3, -0.25) is 24.3 Å². The minimum Gasteiger partial charge on any atom is -0.486 e. The first-order valence-electron chi connectivity index (χ1n) is 11.8. The highest BCUT2D eigenvalue weighted by atomic mass is 32.2. The van der Waals surface area contributed by atoms with E-state index in [0.29, 0.717) is 39.8 Å². The van der Waals surface area contributed by atoms with Crippen LogP contribution >= 0.6 is 11.8 Å². The number of benzene rings is 3. The number of esters is 1. The van der Waals surface area contributed by atoms with E-state index in [1.807, 2.05) is 24.3 Å². The highest BCUT2D eigenvalue weighted by molar-refractivity contribution is 8.16. The fourth-order valence-electron chi connectivity index (χ4n) is 4.12. The van der Waals surface area contributed by atoms with Crippen LogP contribution in [0.1, 0.15) is 17.0 Å². The van der Waals surface area contributed by atoms with Crippen molar-refractivity contribution >= 4 is 39.8 Å². The highest BCUT2D eigenvalue weighted by Gasteiger charge is 2.55. The van der Waals surface area contributed by atoms with Crippen molar-refractivity contribution in [2.45, 2.75) is 24.4 Å². The van der Waals surface area contributed by atoms with E-state index in [0.717, 1.165) is 5.56 Å². The summed E-state index contributed by atoms with van der Waals surface area (Å²) >= 11 is 0.629. The molecule has 10 heteroatoms. The number of thioether (sulfide) groups is 1. The van der Waals surface area contributed by atoms with E-state index in [1.54, 1.807) is 61.6 Å². The van der Waals surface area contributed by atoms with Crippen LogP contribution in [0, 0.1) is 0 Å². The van der Waals surface area contributed by atoms with Crippen molar-refractivity contribution in [3.05, 3.63) is 106 Å². The van der Waals surface area contributed by atoms with Gasteiger partial charge in [-0.2, -0.15) is 0 Å². The smallest absolute Gasteiger partial charge is 0.333 e. The van der Waals surface area contributed by atoms with Gasteiger partial charge in [-0.05, 0) is 47.2 Å². The molecule has 2 heterocycles. The van der Waals surface area contributed by atoms with Crippen LogP contribution in [-0.2, 0) is 41.0 Å². The van der Waals surface area contributed by atoms with Gasteiger partial charge in [-0.15, -0.1) is 0 Å². The molecule has 192 valence electrons. The Labute approximate surface area is 221 Å². The molecular formula is C28H23N3O6S. The number of imide groups is 1. The number of rotatable bonds is 8. The quantitative estimate of drug-likeness (QED) is 0.272. The number of nitrogens with one attached hydrogen (secondary N) is 1. The van der Waals surface area contributed by atoms with E-state index in [-0.39, 0.29) is 25.2 Å². The van der Waals surface area contributed by atoms with Crippen LogP contribution in [0.4, 0.5) is 4.79 Å². The van der Waals surface area contributed by atoms with Gasteiger partial charge in [0.25, 0.3) is 16.7 Å². The maximum absolute atomic E-state index is 13.1. The summed E-state index contributed by atoms with van der Waals surface area (Å²) in [6, 6.07) is 23.0. The fourth-order valence-corrected chi connectivity index (χ4v) is 5.10. The first-order valence-corrected chi connectivity index (χ1v) is 12.6. The number of para-hydroxylation sites is 1. The minimum absolute atomic E-state index is 0.0124. The molecule has 1 fully saturated rings. The molecule has 9 nitrogen and oxygen atoms in total. The van der Waals surface area contributed by atoms with Crippen LogP contribution in [0.2, 0.25) is 0 Å². The number of aromatic nitrogens is 2. The molecule has 0 bridgehead atoms. The molecule has 1 atom stereocenters. The summed E-state index contributed by atoms with van der Waals surface area (Å²) in [6.45, 7) is 0.0555. The number of ether oxygens (including phenoxy) is 2. The van der Waals surface area contributed by atoms with Gasteiger partial charge in [-0.25, -0.2) is 9.78 Å². The Bertz CT molecular complexity index is 1590. The van der Waals surface area contributed by atoms with E-state index in [9.17, 15) is 19.2 Å². The summed E-state index contributed by atoms with van der Waals surface area (Å²) in [4.78, 5) is 54.9. The maximum Gasteiger partial charge on any atom is 0.333 e. The predicted molar refractivity (Wildman–Crippen MR) is 142 cm³/mol. The zero-order valence-electron chi connectivity index (χ0n) is 20.4. The summed E-state index contributed by atoms with van der Waals surface area (Å²) in [5, 5.41) is 2.14. The second kappa shape index (κ2) is 10.5. The Morgan fingerprint density at radius 1 is 0.921 bits per heavy atom. The van der Waals surface area contributed by atoms with Gasteiger partial charge in [0.05, 0.1) is 10.9 Å². The molecule has 1 aliphatic rings. The minimum atomic E-state index is -1.72. The van der Waals surface area contributed by atoms with Crippen molar-refractivity contribution in [1.29, 1.82) is 0 Å². The van der Waals surface area contributed by atoms with Crippen molar-refractivity contribution in [2.75, 3.05) is 0 Å². The predicted octanol–water partition coefficient (Wildman–Crippen LogP) is 3.52. The molecule has 1 saturated heterocycles. The third kappa shape index (κ3) is 5.03. The van der Waals surface area contributed by atoms with Crippen molar-refractivity contribution in [3.8, 4) is 5.75 Å². The zero-order chi connectivity index (χ0) is 26.7. The Balaban J connectivity index is 1.29. The van der Waals surface area contributed by atoms with Crippen molar-refractivity contribution in [3.63, 3.8) is 0 Å². The number of carbonyl (C=O) groups is 3. The maximum atomic E-state index is 13.1. The first-order chi connectivity index (χ1) is 18.4. The van der Waals surface area contributed by atoms with E-state index < -0.39 is 21.9 Å². The van der Waals surface area contributed by atoms with Gasteiger partial charge in [0.2, 0.25) is 4.75 Å². The number of hydrogen-bond acceptors (Lipinski definition) is 8. The van der Waals surface area contributed by atoms with Gasteiger partial charge < -0.3 is 9.47 Å². The van der Waals surface area contributed by atoms with Crippen molar-refractivity contribution in [1.82, 2.24) is 14.9 Å². The number of amides is 2. The standard InChI is InChI=1S/C28H23N3O6S/c1-31-23(29-22-10-6-5-9-21(22)24(31)32)17-36-20-13-11-18(12-14-20)15-28(25(33)30-27(35)38-28)26(34)37-16-19-7-3-2-4-8-19/h2-14H,15-17H2,1H3,(H,30,33,35). The number of carbonyl (C=O) groups excluding carboxylic acids is 3. The summed E-state index contributed by atoms with van der Waals surface area (Å²) < 4.78 is 11.0. The average Bonchev–Trinajstić information content (AvgIpc) is 3.23. The molecule has 1 unspecified atom stereocenters. The van der Waals surface area contributed by atoms with Gasteiger partial charge in [0.1, 0.15) is 24.8 Å². The van der Waals surface area contributed by atoms with E-state index in [1.165, 1.54) is 4.57 Å². The van der Waals surface area contributed by atoms with Crippen LogP contribution in [-0.4, -0.2) is 31.4 Å². The largest absolute Gasteiger partial charge is 0.486 e. The lowest BCUT2D eigenvalue weighted by Gasteiger charge is -2.22. The lowest BCUT2D eigenvalue weighted by Crippen LogP contribution is -2.46. The van der Waals surface area contributed by atoms with E-state index >= 15 is 0 Å². The Morgan fingerprint density at radius 2 is 1.63 bits per heavy atom. The normalized spacial score (nSPS) is 16.9. The third-order valence-corrected chi connectivity index (χ3v) is 7.34. The van der Waals surface area contributed by atoms with Gasteiger partial charge in [-0.1, -0.05) is 54.6 Å². The molecule has 5 rings (SSSR count). The highest BCUT2D eigenvalue weighted by Crippen LogP contribution is 2.37. The van der Waals surface area contributed by atoms with Gasteiger partial charge in [0.15, 0.2) is 0 Å². The van der Waals surface area contributed by atoms with Gasteiger partial charge >= 0.3 is 5.97 Å². The van der Waals surface area contributed by atoms with Crippen LogP contribution in [0.15, 0.2) is 83.7 Å². The monoisotopic (exact) mass is 529 g/mol. The molecule has 1 aliphatic heterocycles. The molecule has 2 amide bonds. The summed E-state index contributed by atoms with van der Waals surface area (Å²) in [7, 11) is 1.64. The summed E-state index contributed by atoms with van der Waals surface area (Å²) in [6.07, 6.45) is -0.0378. The Kier molecular flexibility index (Phi) is 6.97. The number of fused-ring (bicyclic) bond motifs is 1.